The first-order valence-electron chi connectivity index (χ1n) is 5.85. The number of nitrogens with zero attached hydrogens (tertiary/aromatic N) is 1. The Morgan fingerprint density at radius 2 is 2.05 bits per heavy atom. The summed E-state index contributed by atoms with van der Waals surface area (Å²) < 4.78 is 0. The van der Waals surface area contributed by atoms with E-state index in [0.29, 0.717) is 18.8 Å². The highest BCUT2D eigenvalue weighted by Crippen LogP contribution is 2.22. The first-order valence-corrected chi connectivity index (χ1v) is 5.85. The van der Waals surface area contributed by atoms with Crippen molar-refractivity contribution < 1.29 is 19.8 Å². The molecule has 0 bridgehead atoms. The zero-order valence-corrected chi connectivity index (χ0v) is 10.2. The summed E-state index contributed by atoms with van der Waals surface area (Å²) in [4.78, 5) is 24.2. The molecule has 0 unspecified atom stereocenters. The molecule has 100 valence electrons. The number of anilines is 1. The van der Waals surface area contributed by atoms with Gasteiger partial charge in [-0.05, 0) is 18.6 Å². The van der Waals surface area contributed by atoms with Gasteiger partial charge < -0.3 is 20.4 Å². The summed E-state index contributed by atoms with van der Waals surface area (Å²) >= 11 is 0. The van der Waals surface area contributed by atoms with Crippen molar-refractivity contribution in [3.63, 3.8) is 0 Å². The lowest BCUT2D eigenvalue weighted by Gasteiger charge is -2.23. The summed E-state index contributed by atoms with van der Waals surface area (Å²) in [5.74, 6) is -1.58. The number of carboxylic acid groups (broad SMARTS) is 1. The number of urea groups is 1. The highest BCUT2D eigenvalue weighted by Gasteiger charge is 2.15. The van der Waals surface area contributed by atoms with E-state index in [9.17, 15) is 14.7 Å². The lowest BCUT2D eigenvalue weighted by atomic mass is 10.2. The molecule has 0 aromatic heterocycles. The summed E-state index contributed by atoms with van der Waals surface area (Å²) in [5, 5.41) is 20.9. The number of amides is 2. The van der Waals surface area contributed by atoms with Gasteiger partial charge >= 0.3 is 12.0 Å². The van der Waals surface area contributed by atoms with Crippen LogP contribution in [0.5, 0.6) is 5.75 Å². The molecule has 1 aromatic rings. The van der Waals surface area contributed by atoms with Gasteiger partial charge in [0.1, 0.15) is 11.3 Å². The number of benzene rings is 1. The van der Waals surface area contributed by atoms with Crippen molar-refractivity contribution in [2.75, 3.05) is 18.4 Å². The predicted octanol–water partition coefficient (Wildman–Crippen LogP) is 1.88. The Hall–Kier alpha value is -2.50. The van der Waals surface area contributed by atoms with E-state index in [1.165, 1.54) is 18.2 Å². The first kappa shape index (κ1) is 12.9. The number of carboxylic acids is 1. The fourth-order valence-corrected chi connectivity index (χ4v) is 1.82. The number of aromatic carboxylic acids is 1. The molecule has 0 saturated heterocycles. The minimum absolute atomic E-state index is 0.195. The molecule has 1 heterocycles. The van der Waals surface area contributed by atoms with Crippen LogP contribution >= 0.6 is 0 Å². The molecule has 0 atom stereocenters. The van der Waals surface area contributed by atoms with Crippen LogP contribution in [0.15, 0.2) is 30.4 Å². The number of carbonyl (C=O) groups is 2. The van der Waals surface area contributed by atoms with Crippen LogP contribution in [0.4, 0.5) is 10.5 Å². The molecule has 6 heteroatoms. The summed E-state index contributed by atoms with van der Waals surface area (Å²) in [6, 6.07) is 3.65. The average Bonchev–Trinajstić information content (AvgIpc) is 2.39. The van der Waals surface area contributed by atoms with Gasteiger partial charge in [-0.1, -0.05) is 12.2 Å². The first-order chi connectivity index (χ1) is 9.08. The highest BCUT2D eigenvalue weighted by molar-refractivity contribution is 5.94. The van der Waals surface area contributed by atoms with E-state index in [0.717, 1.165) is 6.42 Å². The van der Waals surface area contributed by atoms with Crippen molar-refractivity contribution in [3.05, 3.63) is 35.9 Å². The Bertz CT molecular complexity index is 539. The molecule has 6 nitrogen and oxygen atoms in total. The second kappa shape index (κ2) is 5.43. The largest absolute Gasteiger partial charge is 0.507 e. The third-order valence-corrected chi connectivity index (χ3v) is 2.82. The molecule has 19 heavy (non-hydrogen) atoms. The van der Waals surface area contributed by atoms with Gasteiger partial charge in [-0.3, -0.25) is 0 Å². The highest BCUT2D eigenvalue weighted by atomic mass is 16.4. The lowest BCUT2D eigenvalue weighted by Crippen LogP contribution is -2.37. The van der Waals surface area contributed by atoms with Gasteiger partial charge in [0.05, 0.1) is 0 Å². The van der Waals surface area contributed by atoms with Crippen LogP contribution in [0, 0.1) is 0 Å². The second-order valence-corrected chi connectivity index (χ2v) is 4.17. The van der Waals surface area contributed by atoms with Crippen LogP contribution in [0.2, 0.25) is 0 Å². The maximum Gasteiger partial charge on any atom is 0.339 e. The Morgan fingerprint density at radius 3 is 2.63 bits per heavy atom. The number of rotatable bonds is 2. The second-order valence-electron chi connectivity index (χ2n) is 4.17. The van der Waals surface area contributed by atoms with Crippen LogP contribution in [-0.2, 0) is 0 Å². The third kappa shape index (κ3) is 3.04. The standard InChI is InChI=1S/C13H14N2O4/c16-11-8-9(4-5-10(11)12(17)18)14-13(19)15-6-2-1-3-7-15/h1-2,4-5,8,16H,3,6-7H2,(H,14,19)(H,17,18). The number of hydrogen-bond acceptors (Lipinski definition) is 3. The van der Waals surface area contributed by atoms with Gasteiger partial charge in [-0.15, -0.1) is 0 Å². The predicted molar refractivity (Wildman–Crippen MR) is 69.4 cm³/mol. The normalized spacial score (nSPS) is 14.2. The number of phenols is 1. The molecular formula is C13H14N2O4. The van der Waals surface area contributed by atoms with Crippen molar-refractivity contribution in [1.82, 2.24) is 4.90 Å². The van der Waals surface area contributed by atoms with Crippen LogP contribution in [0.25, 0.3) is 0 Å². The minimum atomic E-state index is -1.21. The summed E-state index contributed by atoms with van der Waals surface area (Å²) in [7, 11) is 0. The molecule has 1 aliphatic heterocycles. The Morgan fingerprint density at radius 1 is 1.26 bits per heavy atom. The molecule has 1 aliphatic rings. The maximum atomic E-state index is 11.9. The van der Waals surface area contributed by atoms with Crippen molar-refractivity contribution >= 4 is 17.7 Å². The zero-order valence-electron chi connectivity index (χ0n) is 10.2. The fraction of sp³-hybridized carbons (Fsp3) is 0.231. The number of carbonyl (C=O) groups excluding carboxylic acids is 1. The Kier molecular flexibility index (Phi) is 3.70. The SMILES string of the molecule is O=C(O)c1ccc(NC(=O)N2CC=CCC2)cc1O. The van der Waals surface area contributed by atoms with E-state index >= 15 is 0 Å². The molecular weight excluding hydrogens is 248 g/mol. The molecule has 2 rings (SSSR count). The zero-order chi connectivity index (χ0) is 13.8. The van der Waals surface area contributed by atoms with Gasteiger partial charge in [0.15, 0.2) is 0 Å². The third-order valence-electron chi connectivity index (χ3n) is 2.82. The van der Waals surface area contributed by atoms with Gasteiger partial charge in [-0.2, -0.15) is 0 Å². The molecule has 0 aliphatic carbocycles. The molecule has 0 radical (unpaired) electrons. The number of aromatic hydroxyl groups is 1. The van der Waals surface area contributed by atoms with E-state index in [1.807, 2.05) is 12.2 Å². The van der Waals surface area contributed by atoms with Crippen LogP contribution < -0.4 is 5.32 Å². The van der Waals surface area contributed by atoms with Gasteiger partial charge in [0, 0.05) is 24.8 Å². The monoisotopic (exact) mass is 262 g/mol. The molecule has 0 fully saturated rings. The van der Waals surface area contributed by atoms with E-state index in [1.54, 1.807) is 4.90 Å². The van der Waals surface area contributed by atoms with Crippen LogP contribution in [0.1, 0.15) is 16.8 Å². The number of nitrogens with one attached hydrogen (secondary N) is 1. The average molecular weight is 262 g/mol. The van der Waals surface area contributed by atoms with Crippen molar-refractivity contribution in [3.8, 4) is 5.75 Å². The van der Waals surface area contributed by atoms with Crippen molar-refractivity contribution in [2.45, 2.75) is 6.42 Å². The maximum absolute atomic E-state index is 11.9. The topological polar surface area (TPSA) is 89.9 Å². The van der Waals surface area contributed by atoms with E-state index in [-0.39, 0.29) is 17.3 Å². The Balaban J connectivity index is 2.07. The molecule has 0 spiro atoms. The molecule has 3 N–H and O–H groups in total. The quantitative estimate of drug-likeness (QED) is 0.710. The molecule has 2 amide bonds. The fourth-order valence-electron chi connectivity index (χ4n) is 1.82. The summed E-state index contributed by atoms with van der Waals surface area (Å²) in [6.45, 7) is 1.19. The van der Waals surface area contributed by atoms with E-state index in [4.69, 9.17) is 5.11 Å². The summed E-state index contributed by atoms with van der Waals surface area (Å²) in [6.07, 6.45) is 4.74. The van der Waals surface area contributed by atoms with E-state index < -0.39 is 5.97 Å². The number of hydrogen-bond donors (Lipinski definition) is 3. The van der Waals surface area contributed by atoms with Crippen molar-refractivity contribution in [2.24, 2.45) is 0 Å². The Labute approximate surface area is 110 Å². The minimum Gasteiger partial charge on any atom is -0.507 e. The van der Waals surface area contributed by atoms with Gasteiger partial charge in [-0.25, -0.2) is 9.59 Å². The smallest absolute Gasteiger partial charge is 0.339 e. The van der Waals surface area contributed by atoms with Crippen LogP contribution in [0.3, 0.4) is 0 Å². The van der Waals surface area contributed by atoms with Crippen molar-refractivity contribution in [1.29, 1.82) is 0 Å². The van der Waals surface area contributed by atoms with Gasteiger partial charge in [0.2, 0.25) is 0 Å². The van der Waals surface area contributed by atoms with Crippen LogP contribution in [-0.4, -0.2) is 40.2 Å². The lowest BCUT2D eigenvalue weighted by molar-refractivity contribution is 0.0694. The summed E-state index contributed by atoms with van der Waals surface area (Å²) in [5.41, 5.74) is 0.168. The van der Waals surface area contributed by atoms with Gasteiger partial charge in [0.25, 0.3) is 0 Å². The van der Waals surface area contributed by atoms with E-state index in [2.05, 4.69) is 5.32 Å². The molecule has 1 aromatic carbocycles. The molecule has 0 saturated carbocycles.